The van der Waals surface area contributed by atoms with Crippen LogP contribution in [0.3, 0.4) is 0 Å². The zero-order valence-electron chi connectivity index (χ0n) is 17.1. The van der Waals surface area contributed by atoms with Crippen LogP contribution in [-0.4, -0.2) is 52.7 Å². The Morgan fingerprint density at radius 3 is 2.31 bits per heavy atom. The van der Waals surface area contributed by atoms with Crippen molar-refractivity contribution in [1.29, 1.82) is 0 Å². The predicted octanol–water partition coefficient (Wildman–Crippen LogP) is 3.52. The molecule has 3 rings (SSSR count). The van der Waals surface area contributed by atoms with E-state index in [9.17, 15) is 13.2 Å². The summed E-state index contributed by atoms with van der Waals surface area (Å²) in [4.78, 5) is 16.8. The number of hydrogen-bond acceptors (Lipinski definition) is 6. The highest BCUT2D eigenvalue weighted by Gasteiger charge is 2.27. The van der Waals surface area contributed by atoms with Crippen molar-refractivity contribution in [2.24, 2.45) is 0 Å². The SMILES string of the molecule is Cc1nc(SCCNC(=O)CN(Cc2ccc(Cl)cc2)S(=O)(=O)c2ccc(Cl)cc2)n[nH]1. The third kappa shape index (κ3) is 6.94. The minimum Gasteiger partial charge on any atom is -0.354 e. The first kappa shape index (κ1) is 24.5. The topological polar surface area (TPSA) is 108 Å². The van der Waals surface area contributed by atoms with Gasteiger partial charge < -0.3 is 5.32 Å². The molecule has 2 aromatic carbocycles. The van der Waals surface area contributed by atoms with Crippen molar-refractivity contribution >= 4 is 50.9 Å². The molecule has 0 aliphatic heterocycles. The first-order valence-corrected chi connectivity index (χ1v) is 12.7. The molecule has 1 aromatic heterocycles. The van der Waals surface area contributed by atoms with Crippen molar-refractivity contribution < 1.29 is 13.2 Å². The van der Waals surface area contributed by atoms with E-state index in [0.717, 1.165) is 4.31 Å². The van der Waals surface area contributed by atoms with Crippen molar-refractivity contribution in [2.45, 2.75) is 23.5 Å². The molecule has 0 unspecified atom stereocenters. The lowest BCUT2D eigenvalue weighted by molar-refractivity contribution is -0.121. The summed E-state index contributed by atoms with van der Waals surface area (Å²) in [5.41, 5.74) is 0.704. The van der Waals surface area contributed by atoms with Crippen molar-refractivity contribution in [3.05, 3.63) is 70.0 Å². The standard InChI is InChI=1S/C20H21Cl2N5O3S2/c1-14-24-20(26-25-14)31-11-10-23-19(28)13-27(12-15-2-4-16(21)5-3-15)32(29,30)18-8-6-17(22)7-9-18/h2-9H,10-13H2,1H3,(H,23,28)(H,24,25,26). The number of benzene rings is 2. The van der Waals surface area contributed by atoms with Gasteiger partial charge in [0.1, 0.15) is 5.82 Å². The number of H-pyrrole nitrogens is 1. The Kier molecular flexibility index (Phi) is 8.55. The Bertz CT molecular complexity index is 1150. The molecule has 32 heavy (non-hydrogen) atoms. The lowest BCUT2D eigenvalue weighted by Gasteiger charge is -2.22. The summed E-state index contributed by atoms with van der Waals surface area (Å²) in [6.45, 7) is 1.82. The number of halogens is 2. The lowest BCUT2D eigenvalue weighted by Crippen LogP contribution is -2.40. The number of rotatable bonds is 10. The molecule has 2 N–H and O–H groups in total. The van der Waals surface area contributed by atoms with Crippen LogP contribution in [0.15, 0.2) is 58.6 Å². The summed E-state index contributed by atoms with van der Waals surface area (Å²) >= 11 is 13.2. The smallest absolute Gasteiger partial charge is 0.243 e. The number of sulfonamides is 1. The highest BCUT2D eigenvalue weighted by molar-refractivity contribution is 7.99. The summed E-state index contributed by atoms with van der Waals surface area (Å²) in [5.74, 6) is 0.842. The van der Waals surface area contributed by atoms with Gasteiger partial charge in [-0.25, -0.2) is 13.4 Å². The van der Waals surface area contributed by atoms with Gasteiger partial charge in [0.05, 0.1) is 11.4 Å². The zero-order chi connectivity index (χ0) is 23.1. The highest BCUT2D eigenvalue weighted by atomic mass is 35.5. The second-order valence-corrected chi connectivity index (χ2v) is 10.6. The molecular weight excluding hydrogens is 493 g/mol. The molecule has 0 aliphatic carbocycles. The van der Waals surface area contributed by atoms with Gasteiger partial charge in [-0.3, -0.25) is 9.89 Å². The number of aryl methyl sites for hydroxylation is 1. The van der Waals surface area contributed by atoms with Crippen LogP contribution in [0.1, 0.15) is 11.4 Å². The summed E-state index contributed by atoms with van der Waals surface area (Å²) < 4.78 is 27.6. The Morgan fingerprint density at radius 1 is 1.09 bits per heavy atom. The Labute approximate surface area is 200 Å². The number of nitrogens with one attached hydrogen (secondary N) is 2. The van der Waals surface area contributed by atoms with Gasteiger partial charge >= 0.3 is 0 Å². The monoisotopic (exact) mass is 513 g/mol. The maximum Gasteiger partial charge on any atom is 0.243 e. The third-order valence-electron chi connectivity index (χ3n) is 4.28. The zero-order valence-corrected chi connectivity index (χ0v) is 20.2. The van der Waals surface area contributed by atoms with E-state index in [4.69, 9.17) is 23.2 Å². The first-order chi connectivity index (χ1) is 15.2. The normalized spacial score (nSPS) is 11.6. The fourth-order valence-corrected chi connectivity index (χ4v) is 5.05. The van der Waals surface area contributed by atoms with Crippen LogP contribution in [0.25, 0.3) is 0 Å². The van der Waals surface area contributed by atoms with Gasteiger partial charge in [-0.2, -0.15) is 4.31 Å². The van der Waals surface area contributed by atoms with Crippen LogP contribution < -0.4 is 5.32 Å². The van der Waals surface area contributed by atoms with Crippen molar-refractivity contribution in [1.82, 2.24) is 24.8 Å². The maximum atomic E-state index is 13.2. The molecule has 1 amide bonds. The molecule has 8 nitrogen and oxygen atoms in total. The average molecular weight is 514 g/mol. The van der Waals surface area contributed by atoms with Gasteiger partial charge in [0.2, 0.25) is 21.1 Å². The molecule has 0 radical (unpaired) electrons. The van der Waals surface area contributed by atoms with Crippen LogP contribution in [0.5, 0.6) is 0 Å². The molecule has 0 fully saturated rings. The largest absolute Gasteiger partial charge is 0.354 e. The van der Waals surface area contributed by atoms with E-state index in [2.05, 4.69) is 20.5 Å². The fourth-order valence-electron chi connectivity index (χ4n) is 2.71. The van der Waals surface area contributed by atoms with Gasteiger partial charge in [0.25, 0.3) is 0 Å². The lowest BCUT2D eigenvalue weighted by atomic mass is 10.2. The molecule has 12 heteroatoms. The summed E-state index contributed by atoms with van der Waals surface area (Å²) in [7, 11) is -3.94. The molecule has 0 atom stereocenters. The molecule has 0 spiro atoms. The second kappa shape index (κ2) is 11.2. The quantitative estimate of drug-likeness (QED) is 0.317. The van der Waals surface area contributed by atoms with Crippen molar-refractivity contribution in [3.63, 3.8) is 0 Å². The van der Waals surface area contributed by atoms with Crippen molar-refractivity contribution in [3.8, 4) is 0 Å². The minimum atomic E-state index is -3.94. The number of amides is 1. The Morgan fingerprint density at radius 2 is 1.72 bits per heavy atom. The average Bonchev–Trinajstić information content (AvgIpc) is 3.17. The molecule has 0 aliphatic rings. The molecule has 170 valence electrons. The molecule has 0 saturated carbocycles. The van der Waals surface area contributed by atoms with Crippen LogP contribution >= 0.6 is 35.0 Å². The fraction of sp³-hybridized carbons (Fsp3) is 0.250. The van der Waals surface area contributed by atoms with Gasteiger partial charge in [-0.1, -0.05) is 47.1 Å². The van der Waals surface area contributed by atoms with Crippen LogP contribution in [0.4, 0.5) is 0 Å². The summed E-state index contributed by atoms with van der Waals surface area (Å²) in [5, 5.41) is 11.1. The van der Waals surface area contributed by atoms with Gasteiger partial charge in [-0.05, 0) is 48.9 Å². The van der Waals surface area contributed by atoms with E-state index in [-0.39, 0.29) is 18.0 Å². The molecule has 0 bridgehead atoms. The molecule has 0 saturated heterocycles. The van der Waals surface area contributed by atoms with Gasteiger partial charge in [0.15, 0.2) is 0 Å². The van der Waals surface area contributed by atoms with Crippen LogP contribution in [0, 0.1) is 6.92 Å². The highest BCUT2D eigenvalue weighted by Crippen LogP contribution is 2.21. The summed E-state index contributed by atoms with van der Waals surface area (Å²) in [6.07, 6.45) is 0. The number of nitrogens with zero attached hydrogens (tertiary/aromatic N) is 3. The molecular formula is C20H21Cl2N5O3S2. The van der Waals surface area contributed by atoms with E-state index < -0.39 is 15.9 Å². The van der Waals surface area contributed by atoms with E-state index in [1.54, 1.807) is 31.2 Å². The minimum absolute atomic E-state index is 0.0146. The molecule has 3 aromatic rings. The number of thioether (sulfide) groups is 1. The predicted molar refractivity (Wildman–Crippen MR) is 125 cm³/mol. The van der Waals surface area contributed by atoms with E-state index >= 15 is 0 Å². The van der Waals surface area contributed by atoms with Crippen molar-refractivity contribution in [2.75, 3.05) is 18.8 Å². The number of carbonyl (C=O) groups is 1. The summed E-state index contributed by atoms with van der Waals surface area (Å²) in [6, 6.07) is 12.6. The van der Waals surface area contributed by atoms with E-state index in [1.165, 1.54) is 36.0 Å². The number of aromatic amines is 1. The number of aromatic nitrogens is 3. The second-order valence-electron chi connectivity index (χ2n) is 6.76. The maximum absolute atomic E-state index is 13.2. The molecule has 1 heterocycles. The Hall–Kier alpha value is -2.11. The third-order valence-corrected chi connectivity index (χ3v) is 7.43. The van der Waals surface area contributed by atoms with Gasteiger partial charge in [0, 0.05) is 28.9 Å². The number of carbonyl (C=O) groups excluding carboxylic acids is 1. The van der Waals surface area contributed by atoms with E-state index in [0.29, 0.717) is 38.9 Å². The van der Waals surface area contributed by atoms with Gasteiger partial charge in [-0.15, -0.1) is 5.10 Å². The number of hydrogen-bond donors (Lipinski definition) is 2. The first-order valence-electron chi connectivity index (χ1n) is 9.53. The Balaban J connectivity index is 1.67. The van der Waals surface area contributed by atoms with Crippen LogP contribution in [0.2, 0.25) is 10.0 Å². The van der Waals surface area contributed by atoms with Crippen LogP contribution in [-0.2, 0) is 21.4 Å². The van der Waals surface area contributed by atoms with E-state index in [1.807, 2.05) is 0 Å².